The van der Waals surface area contributed by atoms with E-state index in [-0.39, 0.29) is 11.8 Å². The second kappa shape index (κ2) is 9.14. The van der Waals surface area contributed by atoms with Gasteiger partial charge in [0.15, 0.2) is 0 Å². The van der Waals surface area contributed by atoms with E-state index in [2.05, 4.69) is 10.1 Å². The number of aryl methyl sites for hydroxylation is 1. The number of alkyl halides is 3. The maximum Gasteiger partial charge on any atom is 0.416 e. The highest BCUT2D eigenvalue weighted by Gasteiger charge is 2.30. The van der Waals surface area contributed by atoms with E-state index in [1.165, 1.54) is 12.1 Å². The van der Waals surface area contributed by atoms with Crippen LogP contribution in [0.5, 0.6) is 0 Å². The number of nitrogens with zero attached hydrogens (tertiary/aromatic N) is 4. The van der Waals surface area contributed by atoms with Crippen LogP contribution in [0.3, 0.4) is 0 Å². The van der Waals surface area contributed by atoms with Crippen molar-refractivity contribution in [2.24, 2.45) is 0 Å². The number of halogens is 3. The summed E-state index contributed by atoms with van der Waals surface area (Å²) in [5.41, 5.74) is 2.15. The predicted octanol–water partition coefficient (Wildman–Crippen LogP) is 4.93. The molecule has 1 saturated heterocycles. The van der Waals surface area contributed by atoms with Crippen LogP contribution in [0, 0.1) is 0 Å². The molecule has 1 amide bonds. The van der Waals surface area contributed by atoms with Crippen LogP contribution in [0.25, 0.3) is 0 Å². The van der Waals surface area contributed by atoms with E-state index in [1.807, 2.05) is 24.0 Å². The fraction of sp³-hybridized carbons (Fsp3) is 0.375. The summed E-state index contributed by atoms with van der Waals surface area (Å²) in [6.07, 6.45) is 1.38. The highest BCUT2D eigenvalue weighted by atomic mass is 19.4. The van der Waals surface area contributed by atoms with Crippen molar-refractivity contribution in [2.75, 3.05) is 13.1 Å². The molecular weight excluding hydrogens is 417 g/mol. The lowest BCUT2D eigenvalue weighted by Gasteiger charge is -2.32. The average Bonchev–Trinajstić information content (AvgIpc) is 3.28. The topological polar surface area (TPSA) is 51.0 Å². The summed E-state index contributed by atoms with van der Waals surface area (Å²) in [5, 5.41) is 4.31. The molecule has 4 rings (SSSR count). The number of pyridine rings is 1. The third-order valence-electron chi connectivity index (χ3n) is 5.82. The maximum atomic E-state index is 12.9. The monoisotopic (exact) mass is 442 g/mol. The van der Waals surface area contributed by atoms with E-state index >= 15 is 0 Å². The maximum absolute atomic E-state index is 12.9. The standard InChI is InChI=1S/C24H25F3N4O/c1-2-31-12-10-22(29-31)23(32)30-11-4-6-19(16-30)21-9-8-18(15-28-21)13-17-5-3-7-20(14-17)24(25,26)27/h3,5,7-10,12,14-15,19H,2,4,6,11,13,16H2,1H3/t19-/m0/s1. The average molecular weight is 442 g/mol. The van der Waals surface area contributed by atoms with E-state index in [0.29, 0.717) is 37.3 Å². The van der Waals surface area contributed by atoms with Crippen LogP contribution in [0.1, 0.15) is 58.6 Å². The zero-order valence-electron chi connectivity index (χ0n) is 17.8. The van der Waals surface area contributed by atoms with Gasteiger partial charge in [0.05, 0.1) is 5.56 Å². The molecule has 0 bridgehead atoms. The first-order valence-corrected chi connectivity index (χ1v) is 10.8. The lowest BCUT2D eigenvalue weighted by atomic mass is 9.93. The molecule has 32 heavy (non-hydrogen) atoms. The Balaban J connectivity index is 1.42. The van der Waals surface area contributed by atoms with Crippen molar-refractivity contribution in [3.63, 3.8) is 0 Å². The van der Waals surface area contributed by atoms with Crippen LogP contribution in [0.15, 0.2) is 54.9 Å². The zero-order valence-corrected chi connectivity index (χ0v) is 17.8. The minimum Gasteiger partial charge on any atom is -0.337 e. The second-order valence-corrected chi connectivity index (χ2v) is 8.11. The zero-order chi connectivity index (χ0) is 22.7. The Bertz CT molecular complexity index is 1080. The SMILES string of the molecule is CCn1ccc(C(=O)N2CCC[C@H](c3ccc(Cc4cccc(C(F)(F)F)c4)cn3)C2)n1. The van der Waals surface area contributed by atoms with E-state index < -0.39 is 11.7 Å². The number of carbonyl (C=O) groups is 1. The smallest absolute Gasteiger partial charge is 0.337 e. The van der Waals surface area contributed by atoms with Crippen LogP contribution in [-0.2, 0) is 19.1 Å². The molecule has 3 aromatic rings. The number of amides is 1. The number of hydrogen-bond donors (Lipinski definition) is 0. The van der Waals surface area contributed by atoms with E-state index in [4.69, 9.17) is 0 Å². The first-order chi connectivity index (χ1) is 15.3. The number of benzene rings is 1. The minimum atomic E-state index is -4.35. The molecular formula is C24H25F3N4O. The van der Waals surface area contributed by atoms with Crippen molar-refractivity contribution in [3.05, 3.63) is 82.9 Å². The van der Waals surface area contributed by atoms with E-state index in [0.717, 1.165) is 30.2 Å². The molecule has 0 radical (unpaired) electrons. The predicted molar refractivity (Wildman–Crippen MR) is 114 cm³/mol. The van der Waals surface area contributed by atoms with E-state index in [1.54, 1.807) is 29.2 Å². The first-order valence-electron chi connectivity index (χ1n) is 10.8. The highest BCUT2D eigenvalue weighted by molar-refractivity contribution is 5.92. The van der Waals surface area contributed by atoms with Crippen molar-refractivity contribution in [1.82, 2.24) is 19.7 Å². The van der Waals surface area contributed by atoms with Crippen LogP contribution in [-0.4, -0.2) is 38.7 Å². The molecule has 0 unspecified atom stereocenters. The number of hydrogen-bond acceptors (Lipinski definition) is 3. The third-order valence-corrected chi connectivity index (χ3v) is 5.82. The van der Waals surface area contributed by atoms with Crippen LogP contribution in [0.4, 0.5) is 13.2 Å². The summed E-state index contributed by atoms with van der Waals surface area (Å²) in [6, 6.07) is 11.0. The summed E-state index contributed by atoms with van der Waals surface area (Å²) < 4.78 is 40.5. The van der Waals surface area contributed by atoms with E-state index in [9.17, 15) is 18.0 Å². The molecule has 0 aliphatic carbocycles. The van der Waals surface area contributed by atoms with Gasteiger partial charge in [0.2, 0.25) is 0 Å². The Morgan fingerprint density at radius 3 is 2.69 bits per heavy atom. The number of carbonyl (C=O) groups excluding carboxylic acids is 1. The highest BCUT2D eigenvalue weighted by Crippen LogP contribution is 2.30. The van der Waals surface area contributed by atoms with Crippen LogP contribution in [0.2, 0.25) is 0 Å². The van der Waals surface area contributed by atoms with Gasteiger partial charge in [-0.1, -0.05) is 24.3 Å². The van der Waals surface area contributed by atoms with Gasteiger partial charge in [-0.3, -0.25) is 14.5 Å². The summed E-state index contributed by atoms with van der Waals surface area (Å²) in [7, 11) is 0. The van der Waals surface area contributed by atoms with Gasteiger partial charge in [0, 0.05) is 43.6 Å². The van der Waals surface area contributed by atoms with Crippen LogP contribution >= 0.6 is 0 Å². The quantitative estimate of drug-likeness (QED) is 0.563. The lowest BCUT2D eigenvalue weighted by Crippen LogP contribution is -2.39. The normalized spacial score (nSPS) is 16.9. The molecule has 1 fully saturated rings. The Morgan fingerprint density at radius 1 is 1.16 bits per heavy atom. The van der Waals surface area contributed by atoms with Crippen molar-refractivity contribution < 1.29 is 18.0 Å². The largest absolute Gasteiger partial charge is 0.416 e. The van der Waals surface area contributed by atoms with Gasteiger partial charge in [0.1, 0.15) is 5.69 Å². The van der Waals surface area contributed by atoms with Gasteiger partial charge >= 0.3 is 6.18 Å². The van der Waals surface area contributed by atoms with Crippen molar-refractivity contribution >= 4 is 5.91 Å². The molecule has 168 valence electrons. The number of likely N-dealkylation sites (tertiary alicyclic amines) is 1. The molecule has 1 aliphatic heterocycles. The Morgan fingerprint density at radius 2 is 2.00 bits per heavy atom. The third kappa shape index (κ3) is 5.00. The number of aromatic nitrogens is 3. The molecule has 1 atom stereocenters. The van der Waals surface area contributed by atoms with Gasteiger partial charge in [0.25, 0.3) is 5.91 Å². The van der Waals surface area contributed by atoms with Gasteiger partial charge in [-0.15, -0.1) is 0 Å². The summed E-state index contributed by atoms with van der Waals surface area (Å²) in [6.45, 7) is 3.97. The molecule has 0 saturated carbocycles. The van der Waals surface area contributed by atoms with Gasteiger partial charge in [-0.25, -0.2) is 0 Å². The molecule has 0 N–H and O–H groups in total. The van der Waals surface area contributed by atoms with Gasteiger partial charge in [-0.2, -0.15) is 18.3 Å². The lowest BCUT2D eigenvalue weighted by molar-refractivity contribution is -0.137. The van der Waals surface area contributed by atoms with Crippen molar-refractivity contribution in [3.8, 4) is 0 Å². The summed E-state index contributed by atoms with van der Waals surface area (Å²) in [4.78, 5) is 19.2. The van der Waals surface area contributed by atoms with Crippen molar-refractivity contribution in [1.29, 1.82) is 0 Å². The minimum absolute atomic E-state index is 0.0666. The Kier molecular flexibility index (Phi) is 6.30. The molecule has 1 aliphatic rings. The van der Waals surface area contributed by atoms with Crippen LogP contribution < -0.4 is 0 Å². The molecule has 8 heteroatoms. The van der Waals surface area contributed by atoms with Crippen molar-refractivity contribution in [2.45, 2.75) is 44.8 Å². The molecule has 1 aromatic carbocycles. The molecule has 5 nitrogen and oxygen atoms in total. The number of piperidine rings is 1. The molecule has 3 heterocycles. The molecule has 2 aromatic heterocycles. The Hall–Kier alpha value is -3.16. The fourth-order valence-corrected chi connectivity index (χ4v) is 4.09. The summed E-state index contributed by atoms with van der Waals surface area (Å²) in [5.74, 6) is 0.0617. The fourth-order valence-electron chi connectivity index (χ4n) is 4.09. The van der Waals surface area contributed by atoms with Gasteiger partial charge < -0.3 is 4.90 Å². The summed E-state index contributed by atoms with van der Waals surface area (Å²) >= 11 is 0. The van der Waals surface area contributed by atoms with Gasteiger partial charge in [-0.05, 0) is 55.5 Å². The second-order valence-electron chi connectivity index (χ2n) is 8.11. The Labute approximate surface area is 184 Å². The first kappa shape index (κ1) is 22.0. The number of rotatable bonds is 5. The molecule has 0 spiro atoms.